The van der Waals surface area contributed by atoms with Crippen molar-refractivity contribution in [1.82, 2.24) is 15.1 Å². The molecule has 0 unspecified atom stereocenters. The number of urea groups is 1. The number of nitrogens with one attached hydrogen (secondary N) is 1. The van der Waals surface area contributed by atoms with Gasteiger partial charge in [-0.25, -0.2) is 9.59 Å². The maximum Gasteiger partial charge on any atom is 0.409 e. The molecule has 3 amide bonds. The van der Waals surface area contributed by atoms with Crippen LogP contribution >= 0.6 is 11.6 Å². The minimum absolute atomic E-state index is 0.182. The zero-order valence-electron chi connectivity index (χ0n) is 13.0. The number of amides is 3. The van der Waals surface area contributed by atoms with E-state index in [4.69, 9.17) is 16.3 Å². The molecule has 0 aromatic heterocycles. The zero-order chi connectivity index (χ0) is 16.7. The minimum Gasteiger partial charge on any atom is -0.450 e. The first-order chi connectivity index (χ1) is 11.1. The third kappa shape index (κ3) is 5.17. The van der Waals surface area contributed by atoms with Crippen LogP contribution in [0.2, 0.25) is 5.02 Å². The average Bonchev–Trinajstić information content (AvgIpc) is 2.57. The van der Waals surface area contributed by atoms with Crippen molar-refractivity contribution in [3.8, 4) is 0 Å². The van der Waals surface area contributed by atoms with Gasteiger partial charge in [0.2, 0.25) is 0 Å². The molecule has 6 nitrogen and oxygen atoms in total. The van der Waals surface area contributed by atoms with E-state index in [2.05, 4.69) is 5.32 Å². The van der Waals surface area contributed by atoms with Crippen molar-refractivity contribution in [3.63, 3.8) is 0 Å². The quantitative estimate of drug-likeness (QED) is 0.922. The van der Waals surface area contributed by atoms with Gasteiger partial charge in [-0.05, 0) is 30.7 Å². The summed E-state index contributed by atoms with van der Waals surface area (Å²) >= 11 is 5.81. The Hall–Kier alpha value is -2.21. The van der Waals surface area contributed by atoms with Crippen LogP contribution in [0.25, 0.3) is 6.08 Å². The lowest BCUT2D eigenvalue weighted by Gasteiger charge is -2.33. The Balaban J connectivity index is 1.76. The number of piperazine rings is 1. The molecule has 0 spiro atoms. The van der Waals surface area contributed by atoms with Gasteiger partial charge in [0.15, 0.2) is 0 Å². The van der Waals surface area contributed by atoms with Gasteiger partial charge in [-0.15, -0.1) is 0 Å². The zero-order valence-corrected chi connectivity index (χ0v) is 13.8. The van der Waals surface area contributed by atoms with Gasteiger partial charge < -0.3 is 19.9 Å². The van der Waals surface area contributed by atoms with Gasteiger partial charge in [0.25, 0.3) is 0 Å². The number of halogens is 1. The second-order valence-electron chi connectivity index (χ2n) is 5.01. The SMILES string of the molecule is CCOC(=O)N1CCN(C(=O)N/C=C/c2ccc(Cl)cc2)CC1. The summed E-state index contributed by atoms with van der Waals surface area (Å²) in [6.45, 7) is 4.06. The monoisotopic (exact) mass is 337 g/mol. The fourth-order valence-electron chi connectivity index (χ4n) is 2.18. The first-order valence-electron chi connectivity index (χ1n) is 7.49. The highest BCUT2D eigenvalue weighted by Gasteiger charge is 2.24. The topological polar surface area (TPSA) is 61.9 Å². The lowest BCUT2D eigenvalue weighted by atomic mass is 10.2. The van der Waals surface area contributed by atoms with Crippen molar-refractivity contribution >= 4 is 29.8 Å². The molecule has 1 N–H and O–H groups in total. The predicted molar refractivity (Wildman–Crippen MR) is 89.2 cm³/mol. The summed E-state index contributed by atoms with van der Waals surface area (Å²) < 4.78 is 4.95. The summed E-state index contributed by atoms with van der Waals surface area (Å²) in [6, 6.07) is 7.13. The molecule has 124 valence electrons. The molecular weight excluding hydrogens is 318 g/mol. The number of nitrogens with zero attached hydrogens (tertiary/aromatic N) is 2. The van der Waals surface area contributed by atoms with Crippen LogP contribution in [0.4, 0.5) is 9.59 Å². The van der Waals surface area contributed by atoms with Crippen LogP contribution in [-0.2, 0) is 4.74 Å². The molecule has 1 aromatic rings. The largest absolute Gasteiger partial charge is 0.450 e. The predicted octanol–water partition coefficient (Wildman–Crippen LogP) is 2.79. The van der Waals surface area contributed by atoms with Gasteiger partial charge in [0.05, 0.1) is 6.61 Å². The summed E-state index contributed by atoms with van der Waals surface area (Å²) in [4.78, 5) is 26.9. The highest BCUT2D eigenvalue weighted by Crippen LogP contribution is 2.10. The van der Waals surface area contributed by atoms with E-state index in [1.807, 2.05) is 12.1 Å². The number of benzene rings is 1. The Labute approximate surface area is 140 Å². The molecule has 0 bridgehead atoms. The van der Waals surface area contributed by atoms with E-state index in [-0.39, 0.29) is 12.1 Å². The molecular formula is C16H20ClN3O3. The first-order valence-corrected chi connectivity index (χ1v) is 7.87. The number of hydrogen-bond donors (Lipinski definition) is 1. The molecule has 0 atom stereocenters. The summed E-state index contributed by atoms with van der Waals surface area (Å²) in [5.41, 5.74) is 0.946. The fraction of sp³-hybridized carbons (Fsp3) is 0.375. The van der Waals surface area contributed by atoms with Gasteiger partial charge in [-0.2, -0.15) is 0 Å². The molecule has 7 heteroatoms. The molecule has 2 rings (SSSR count). The Morgan fingerprint density at radius 2 is 1.78 bits per heavy atom. The van der Waals surface area contributed by atoms with Crippen molar-refractivity contribution in [1.29, 1.82) is 0 Å². The van der Waals surface area contributed by atoms with Crippen LogP contribution in [0.5, 0.6) is 0 Å². The molecule has 0 aliphatic carbocycles. The Bertz CT molecular complexity index is 566. The molecule has 0 radical (unpaired) electrons. The maximum atomic E-state index is 12.1. The molecule has 23 heavy (non-hydrogen) atoms. The molecule has 1 aromatic carbocycles. The second-order valence-corrected chi connectivity index (χ2v) is 5.44. The molecule has 1 heterocycles. The van der Waals surface area contributed by atoms with E-state index in [9.17, 15) is 9.59 Å². The van der Waals surface area contributed by atoms with E-state index >= 15 is 0 Å². The maximum absolute atomic E-state index is 12.1. The summed E-state index contributed by atoms with van der Waals surface area (Å²) in [5.74, 6) is 0. The average molecular weight is 338 g/mol. The van der Waals surface area contributed by atoms with Crippen LogP contribution in [0.15, 0.2) is 30.5 Å². The first kappa shape index (κ1) is 17.1. The standard InChI is InChI=1S/C16H20ClN3O3/c1-2-23-16(22)20-11-9-19(10-12-20)15(21)18-8-7-13-3-5-14(17)6-4-13/h3-8H,2,9-12H2,1H3,(H,18,21)/b8-7+. The number of hydrogen-bond acceptors (Lipinski definition) is 3. The highest BCUT2D eigenvalue weighted by molar-refractivity contribution is 6.30. The third-order valence-corrected chi connectivity index (χ3v) is 3.70. The van der Waals surface area contributed by atoms with Gasteiger partial charge in [-0.1, -0.05) is 23.7 Å². The van der Waals surface area contributed by atoms with E-state index in [1.54, 1.807) is 41.1 Å². The molecule has 1 aliphatic rings. The van der Waals surface area contributed by atoms with Crippen LogP contribution < -0.4 is 5.32 Å². The van der Waals surface area contributed by atoms with Crippen LogP contribution in [-0.4, -0.2) is 54.7 Å². The van der Waals surface area contributed by atoms with E-state index in [0.717, 1.165) is 5.56 Å². The lowest BCUT2D eigenvalue weighted by Crippen LogP contribution is -2.52. The van der Waals surface area contributed by atoms with Crippen LogP contribution in [0, 0.1) is 0 Å². The number of carbonyl (C=O) groups excluding carboxylic acids is 2. The van der Waals surface area contributed by atoms with Crippen molar-refractivity contribution in [2.75, 3.05) is 32.8 Å². The van der Waals surface area contributed by atoms with Crippen LogP contribution in [0.1, 0.15) is 12.5 Å². The molecule has 1 aliphatic heterocycles. The molecule has 1 fully saturated rings. The lowest BCUT2D eigenvalue weighted by molar-refractivity contribution is 0.0856. The van der Waals surface area contributed by atoms with Crippen molar-refractivity contribution in [2.24, 2.45) is 0 Å². The van der Waals surface area contributed by atoms with Crippen LogP contribution in [0.3, 0.4) is 0 Å². The van der Waals surface area contributed by atoms with Crippen molar-refractivity contribution in [2.45, 2.75) is 6.92 Å². The van der Waals surface area contributed by atoms with Gasteiger partial charge in [0, 0.05) is 37.4 Å². The molecule has 0 saturated carbocycles. The highest BCUT2D eigenvalue weighted by atomic mass is 35.5. The molecule has 1 saturated heterocycles. The van der Waals surface area contributed by atoms with Crippen molar-refractivity contribution < 1.29 is 14.3 Å². The van der Waals surface area contributed by atoms with E-state index in [0.29, 0.717) is 37.8 Å². The van der Waals surface area contributed by atoms with E-state index < -0.39 is 0 Å². The number of ether oxygens (including phenoxy) is 1. The second kappa shape index (κ2) is 8.43. The van der Waals surface area contributed by atoms with E-state index in [1.165, 1.54) is 0 Å². The third-order valence-electron chi connectivity index (χ3n) is 3.45. The van der Waals surface area contributed by atoms with Gasteiger partial charge in [0.1, 0.15) is 0 Å². The fourth-order valence-corrected chi connectivity index (χ4v) is 2.31. The van der Waals surface area contributed by atoms with Crippen molar-refractivity contribution in [3.05, 3.63) is 41.1 Å². The summed E-state index contributed by atoms with van der Waals surface area (Å²) in [7, 11) is 0. The number of carbonyl (C=O) groups is 2. The Morgan fingerprint density at radius 3 is 2.39 bits per heavy atom. The van der Waals surface area contributed by atoms with Gasteiger partial charge in [-0.3, -0.25) is 0 Å². The summed E-state index contributed by atoms with van der Waals surface area (Å²) in [5, 5.41) is 3.40. The normalized spacial score (nSPS) is 14.9. The smallest absolute Gasteiger partial charge is 0.409 e. The van der Waals surface area contributed by atoms with Gasteiger partial charge >= 0.3 is 12.1 Å². The Morgan fingerprint density at radius 1 is 1.17 bits per heavy atom. The Kier molecular flexibility index (Phi) is 6.29. The minimum atomic E-state index is -0.324. The number of rotatable bonds is 3. The summed E-state index contributed by atoms with van der Waals surface area (Å²) in [6.07, 6.45) is 3.07.